The fourth-order valence-electron chi connectivity index (χ4n) is 3.63. The van der Waals surface area contributed by atoms with E-state index in [1.807, 2.05) is 11.9 Å². The first kappa shape index (κ1) is 18.8. The summed E-state index contributed by atoms with van der Waals surface area (Å²) in [6.07, 6.45) is 2.21. The Morgan fingerprint density at radius 3 is 2.69 bits per heavy atom. The van der Waals surface area contributed by atoms with E-state index in [0.29, 0.717) is 6.54 Å². The minimum atomic E-state index is -0.437. The number of piperidine rings is 1. The largest absolute Gasteiger partial charge is 0.379 e. The van der Waals surface area contributed by atoms with Gasteiger partial charge in [-0.25, -0.2) is 0 Å². The summed E-state index contributed by atoms with van der Waals surface area (Å²) in [6, 6.07) is 0. The maximum absolute atomic E-state index is 12.3. The van der Waals surface area contributed by atoms with E-state index in [-0.39, 0.29) is 24.7 Å². The molecule has 0 aromatic carbocycles. The van der Waals surface area contributed by atoms with Gasteiger partial charge in [-0.15, -0.1) is 10.2 Å². The first-order valence-electron chi connectivity index (χ1n) is 9.29. The van der Waals surface area contributed by atoms with Crippen molar-refractivity contribution >= 4 is 11.8 Å². The third-order valence-electron chi connectivity index (χ3n) is 5.19. The highest BCUT2D eigenvalue weighted by Gasteiger charge is 2.28. The van der Waals surface area contributed by atoms with E-state index in [4.69, 9.17) is 10.5 Å². The number of likely N-dealkylation sites (tertiary alicyclic amines) is 1. The number of morpholine rings is 1. The average Bonchev–Trinajstić information content (AvgIpc) is 3.01. The highest BCUT2D eigenvalue weighted by Crippen LogP contribution is 2.26. The molecule has 2 N–H and O–H groups in total. The van der Waals surface area contributed by atoms with Crippen molar-refractivity contribution in [3.63, 3.8) is 0 Å². The number of hydrogen-bond acceptors (Lipinski definition) is 6. The Morgan fingerprint density at radius 2 is 1.96 bits per heavy atom. The van der Waals surface area contributed by atoms with Gasteiger partial charge in [0.1, 0.15) is 11.6 Å². The van der Waals surface area contributed by atoms with Crippen LogP contribution in [-0.4, -0.2) is 75.8 Å². The van der Waals surface area contributed by atoms with Gasteiger partial charge in [0.05, 0.1) is 19.8 Å². The van der Waals surface area contributed by atoms with Crippen molar-refractivity contribution in [1.29, 1.82) is 0 Å². The van der Waals surface area contributed by atoms with Crippen LogP contribution >= 0.6 is 0 Å². The van der Waals surface area contributed by atoms with E-state index < -0.39 is 5.91 Å². The lowest BCUT2D eigenvalue weighted by molar-refractivity contribution is -0.134. The summed E-state index contributed by atoms with van der Waals surface area (Å²) in [5, 5.41) is 8.80. The fraction of sp³-hybridized carbons (Fsp3) is 0.765. The number of amides is 2. The van der Waals surface area contributed by atoms with Crippen LogP contribution in [0.3, 0.4) is 0 Å². The van der Waals surface area contributed by atoms with Crippen molar-refractivity contribution in [2.24, 2.45) is 12.8 Å². The molecule has 0 bridgehead atoms. The molecule has 2 saturated heterocycles. The number of hydrogen-bond donors (Lipinski definition) is 1. The lowest BCUT2D eigenvalue weighted by Crippen LogP contribution is -2.40. The van der Waals surface area contributed by atoms with Gasteiger partial charge in [-0.3, -0.25) is 14.5 Å². The summed E-state index contributed by atoms with van der Waals surface area (Å²) in [5.41, 5.74) is 5.14. The third kappa shape index (κ3) is 4.59. The Balaban J connectivity index is 1.61. The van der Waals surface area contributed by atoms with Crippen molar-refractivity contribution in [1.82, 2.24) is 24.6 Å². The predicted molar refractivity (Wildman–Crippen MR) is 94.1 cm³/mol. The maximum Gasteiger partial charge on any atom is 0.223 e. The summed E-state index contributed by atoms with van der Waals surface area (Å²) >= 11 is 0. The smallest absolute Gasteiger partial charge is 0.223 e. The second kappa shape index (κ2) is 8.59. The summed E-state index contributed by atoms with van der Waals surface area (Å²) < 4.78 is 7.45. The molecule has 2 fully saturated rings. The van der Waals surface area contributed by atoms with Crippen LogP contribution in [0, 0.1) is 0 Å². The first-order valence-corrected chi connectivity index (χ1v) is 9.29. The Morgan fingerprint density at radius 1 is 1.19 bits per heavy atom. The Bertz CT molecular complexity index is 640. The van der Waals surface area contributed by atoms with Crippen LogP contribution in [0.1, 0.15) is 43.3 Å². The SMILES string of the molecule is Cn1c(CN2CCOCC2)nnc1C1CCCN(C(=O)CCC(N)=O)C1. The number of ether oxygens (including phenoxy) is 1. The molecule has 3 rings (SSSR count). The molecular formula is C17H28N6O3. The molecule has 2 amide bonds. The van der Waals surface area contributed by atoms with Crippen LogP contribution in [0.4, 0.5) is 0 Å². The van der Waals surface area contributed by atoms with Crippen LogP contribution in [0.15, 0.2) is 0 Å². The van der Waals surface area contributed by atoms with Crippen molar-refractivity contribution < 1.29 is 14.3 Å². The Hall–Kier alpha value is -2.00. The zero-order chi connectivity index (χ0) is 18.5. The Kier molecular flexibility index (Phi) is 6.20. The van der Waals surface area contributed by atoms with Gasteiger partial charge in [0, 0.05) is 52.0 Å². The van der Waals surface area contributed by atoms with E-state index in [9.17, 15) is 9.59 Å². The van der Waals surface area contributed by atoms with E-state index in [1.165, 1.54) is 0 Å². The molecule has 0 radical (unpaired) electrons. The van der Waals surface area contributed by atoms with Gasteiger partial charge in [0.25, 0.3) is 0 Å². The third-order valence-corrected chi connectivity index (χ3v) is 5.19. The van der Waals surface area contributed by atoms with Gasteiger partial charge >= 0.3 is 0 Å². The van der Waals surface area contributed by atoms with Gasteiger partial charge in [0.15, 0.2) is 0 Å². The molecule has 0 spiro atoms. The molecule has 3 heterocycles. The van der Waals surface area contributed by atoms with Crippen LogP contribution in [0.25, 0.3) is 0 Å². The van der Waals surface area contributed by atoms with Gasteiger partial charge in [-0.1, -0.05) is 0 Å². The van der Waals surface area contributed by atoms with Crippen LogP contribution in [0.2, 0.25) is 0 Å². The molecule has 2 aliphatic rings. The number of nitrogens with zero attached hydrogens (tertiary/aromatic N) is 5. The highest BCUT2D eigenvalue weighted by atomic mass is 16.5. The molecule has 26 heavy (non-hydrogen) atoms. The predicted octanol–water partition coefficient (Wildman–Crippen LogP) is -0.381. The van der Waals surface area contributed by atoms with Crippen LogP contribution in [0.5, 0.6) is 0 Å². The van der Waals surface area contributed by atoms with Crippen molar-refractivity contribution in [2.45, 2.75) is 38.1 Å². The van der Waals surface area contributed by atoms with E-state index in [1.54, 1.807) is 0 Å². The van der Waals surface area contributed by atoms with Crippen LogP contribution < -0.4 is 5.73 Å². The molecule has 1 aromatic rings. The molecule has 1 aromatic heterocycles. The zero-order valence-electron chi connectivity index (χ0n) is 15.4. The van der Waals surface area contributed by atoms with E-state index >= 15 is 0 Å². The second-order valence-corrected chi connectivity index (χ2v) is 7.07. The van der Waals surface area contributed by atoms with Crippen molar-refractivity contribution in [3.8, 4) is 0 Å². The zero-order valence-corrected chi connectivity index (χ0v) is 15.4. The summed E-state index contributed by atoms with van der Waals surface area (Å²) in [5.74, 6) is 1.61. The molecule has 9 heteroatoms. The normalized spacial score (nSPS) is 21.7. The van der Waals surface area contributed by atoms with E-state index in [2.05, 4.69) is 19.7 Å². The molecule has 9 nitrogen and oxygen atoms in total. The Labute approximate surface area is 153 Å². The van der Waals surface area contributed by atoms with Crippen LogP contribution in [-0.2, 0) is 27.9 Å². The summed E-state index contributed by atoms with van der Waals surface area (Å²) in [6.45, 7) is 5.46. The number of rotatable bonds is 6. The van der Waals surface area contributed by atoms with Gasteiger partial charge in [0.2, 0.25) is 11.8 Å². The maximum atomic E-state index is 12.3. The molecule has 2 aliphatic heterocycles. The number of primary amides is 1. The molecular weight excluding hydrogens is 336 g/mol. The lowest BCUT2D eigenvalue weighted by atomic mass is 9.96. The first-order chi connectivity index (χ1) is 12.5. The van der Waals surface area contributed by atoms with Gasteiger partial charge in [-0.2, -0.15) is 0 Å². The summed E-state index contributed by atoms with van der Waals surface area (Å²) in [7, 11) is 2.00. The number of carbonyl (C=O) groups is 2. The molecule has 0 aliphatic carbocycles. The summed E-state index contributed by atoms with van der Waals surface area (Å²) in [4.78, 5) is 27.3. The van der Waals surface area contributed by atoms with Gasteiger partial charge < -0.3 is 19.9 Å². The minimum absolute atomic E-state index is 0.00999. The highest BCUT2D eigenvalue weighted by molar-refractivity contribution is 5.82. The fourth-order valence-corrected chi connectivity index (χ4v) is 3.63. The quantitative estimate of drug-likeness (QED) is 0.737. The van der Waals surface area contributed by atoms with Crippen molar-refractivity contribution in [2.75, 3.05) is 39.4 Å². The monoisotopic (exact) mass is 364 g/mol. The molecule has 144 valence electrons. The van der Waals surface area contributed by atoms with E-state index in [0.717, 1.165) is 63.9 Å². The standard InChI is InChI=1S/C17H28N6O3/c1-21-15(12-22-7-9-26-10-8-22)19-20-17(21)13-3-2-6-23(11-13)16(25)5-4-14(18)24/h13H,2-12H2,1H3,(H2,18,24). The van der Waals surface area contributed by atoms with Crippen molar-refractivity contribution in [3.05, 3.63) is 11.6 Å². The topological polar surface area (TPSA) is 107 Å². The number of carbonyl (C=O) groups excluding carboxylic acids is 2. The average molecular weight is 364 g/mol. The minimum Gasteiger partial charge on any atom is -0.379 e. The lowest BCUT2D eigenvalue weighted by Gasteiger charge is -2.32. The molecule has 1 atom stereocenters. The molecule has 0 saturated carbocycles. The number of nitrogens with two attached hydrogens (primary N) is 1. The second-order valence-electron chi connectivity index (χ2n) is 7.07. The number of aromatic nitrogens is 3. The molecule has 1 unspecified atom stereocenters. The van der Waals surface area contributed by atoms with Gasteiger partial charge in [-0.05, 0) is 12.8 Å².